The first kappa shape index (κ1) is 16.0. The third-order valence-electron chi connectivity index (χ3n) is 3.48. The van der Waals surface area contributed by atoms with E-state index in [-0.39, 0.29) is 17.1 Å². The molecule has 0 unspecified atom stereocenters. The monoisotopic (exact) mass is 334 g/mol. The number of benzene rings is 1. The summed E-state index contributed by atoms with van der Waals surface area (Å²) >= 11 is 0. The van der Waals surface area contributed by atoms with Crippen LogP contribution in [-0.4, -0.2) is 9.97 Å². The second-order valence-corrected chi connectivity index (χ2v) is 5.04. The van der Waals surface area contributed by atoms with Gasteiger partial charge in [-0.2, -0.15) is 0 Å². The molecule has 0 spiro atoms. The number of fused-ring (bicyclic) bond motifs is 1. The molecule has 2 heterocycles. The van der Waals surface area contributed by atoms with Crippen LogP contribution in [0.1, 0.15) is 30.5 Å². The number of nitrogens with zero attached hydrogens (tertiary/aromatic N) is 2. The molecule has 0 saturated heterocycles. The molecule has 1 radical (unpaired) electrons. The predicted molar refractivity (Wildman–Crippen MR) is 80.3 cm³/mol. The fourth-order valence-electron chi connectivity index (χ4n) is 2.31. The van der Waals surface area contributed by atoms with E-state index in [0.29, 0.717) is 5.39 Å². The summed E-state index contributed by atoms with van der Waals surface area (Å²) in [5.74, 6) is -0.696. The molecule has 5 nitrogen and oxygen atoms in total. The Labute approximate surface area is 134 Å². The van der Waals surface area contributed by atoms with E-state index >= 15 is 0 Å². The van der Waals surface area contributed by atoms with E-state index in [4.69, 9.17) is 4.42 Å². The minimum Gasteiger partial charge on any atom is -0.403 e. The van der Waals surface area contributed by atoms with E-state index in [1.54, 1.807) is 6.92 Å². The molecule has 0 amide bonds. The van der Waals surface area contributed by atoms with Crippen molar-refractivity contribution in [3.05, 3.63) is 64.0 Å². The lowest BCUT2D eigenvalue weighted by atomic mass is 10.0. The minimum atomic E-state index is -2.90. The van der Waals surface area contributed by atoms with Crippen molar-refractivity contribution in [3.8, 4) is 0 Å². The first-order chi connectivity index (χ1) is 11.5. The van der Waals surface area contributed by atoms with Crippen LogP contribution in [0.15, 0.2) is 39.8 Å². The minimum absolute atomic E-state index is 0.0465. The molecule has 0 bridgehead atoms. The lowest BCUT2D eigenvalue weighted by Gasteiger charge is -2.17. The first-order valence-electron chi connectivity index (χ1n) is 6.97. The third kappa shape index (κ3) is 2.94. The highest BCUT2D eigenvalue weighted by atomic mass is 19.3. The highest BCUT2D eigenvalue weighted by Gasteiger charge is 2.20. The van der Waals surface area contributed by atoms with E-state index in [1.165, 1.54) is 24.5 Å². The van der Waals surface area contributed by atoms with Crippen LogP contribution in [0, 0.1) is 11.9 Å². The molecule has 0 aliphatic rings. The lowest BCUT2D eigenvalue weighted by Crippen LogP contribution is -2.12. The molecule has 0 aliphatic carbocycles. The Bertz CT molecular complexity index is 943. The van der Waals surface area contributed by atoms with Crippen LogP contribution < -0.4 is 10.9 Å². The van der Waals surface area contributed by atoms with Gasteiger partial charge in [-0.15, -0.1) is 0 Å². The van der Waals surface area contributed by atoms with Gasteiger partial charge in [0.1, 0.15) is 18.0 Å². The van der Waals surface area contributed by atoms with E-state index in [9.17, 15) is 18.0 Å². The van der Waals surface area contributed by atoms with Crippen molar-refractivity contribution in [2.24, 2.45) is 0 Å². The smallest absolute Gasteiger partial charge is 0.345 e. The molecule has 123 valence electrons. The molecule has 8 heteroatoms. The fourth-order valence-corrected chi connectivity index (χ4v) is 2.31. The van der Waals surface area contributed by atoms with Gasteiger partial charge < -0.3 is 9.73 Å². The van der Waals surface area contributed by atoms with Crippen molar-refractivity contribution < 1.29 is 17.6 Å². The molecule has 0 saturated carbocycles. The molecule has 1 atom stereocenters. The highest BCUT2D eigenvalue weighted by molar-refractivity contribution is 5.84. The standard InChI is InChI=1S/C16H11F3N3O2/c1-8(9-3-2-4-10(13(9)17)14(18)19)22-15-11-5-6-12(23)24-16(11)21-7-20-15/h2-5,7-8,14H,1H3,(H,20,21,22)/t8-/m1/s1. The second-order valence-electron chi connectivity index (χ2n) is 5.04. The molecule has 3 aromatic rings. The van der Waals surface area contributed by atoms with Crippen LogP contribution in [0.25, 0.3) is 11.1 Å². The van der Waals surface area contributed by atoms with E-state index in [2.05, 4.69) is 21.4 Å². The number of aromatic nitrogens is 2. The summed E-state index contributed by atoms with van der Waals surface area (Å²) < 4.78 is 44.7. The maximum Gasteiger partial charge on any atom is 0.345 e. The van der Waals surface area contributed by atoms with Gasteiger partial charge in [0.2, 0.25) is 5.71 Å². The molecule has 3 rings (SSSR count). The van der Waals surface area contributed by atoms with E-state index in [1.807, 2.05) is 0 Å². The van der Waals surface area contributed by atoms with Crippen LogP contribution in [0.4, 0.5) is 19.0 Å². The van der Waals surface area contributed by atoms with Crippen molar-refractivity contribution in [1.29, 1.82) is 0 Å². The topological polar surface area (TPSA) is 68.0 Å². The van der Waals surface area contributed by atoms with E-state index < -0.39 is 29.5 Å². The second kappa shape index (κ2) is 6.31. The van der Waals surface area contributed by atoms with Gasteiger partial charge in [-0.3, -0.25) is 0 Å². The number of hydrogen-bond donors (Lipinski definition) is 1. The van der Waals surface area contributed by atoms with Crippen molar-refractivity contribution in [2.75, 3.05) is 5.32 Å². The lowest BCUT2D eigenvalue weighted by molar-refractivity contribution is 0.146. The Morgan fingerprint density at radius 2 is 2.00 bits per heavy atom. The first-order valence-corrected chi connectivity index (χ1v) is 6.97. The molecule has 1 aromatic carbocycles. The Kier molecular flexibility index (Phi) is 4.20. The molecule has 1 N–H and O–H groups in total. The third-order valence-corrected chi connectivity index (χ3v) is 3.48. The normalized spacial score (nSPS) is 12.5. The molecular formula is C16H11F3N3O2. The summed E-state index contributed by atoms with van der Waals surface area (Å²) in [6, 6.07) is 6.86. The maximum absolute atomic E-state index is 14.2. The van der Waals surface area contributed by atoms with Crippen molar-refractivity contribution >= 4 is 16.9 Å². The Morgan fingerprint density at radius 3 is 2.75 bits per heavy atom. The van der Waals surface area contributed by atoms with Gasteiger partial charge in [-0.25, -0.2) is 27.9 Å². The zero-order valence-electron chi connectivity index (χ0n) is 12.4. The van der Waals surface area contributed by atoms with Crippen LogP contribution in [0.2, 0.25) is 0 Å². The summed E-state index contributed by atoms with van der Waals surface area (Å²) in [6.45, 7) is 1.60. The molecule has 0 fully saturated rings. The SMILES string of the molecule is C[C@@H](Nc1ncnc2oc(=O)[c]cc12)c1cccc(C(F)F)c1F. The van der Waals surface area contributed by atoms with Gasteiger partial charge in [-0.05, 0) is 13.0 Å². The largest absolute Gasteiger partial charge is 0.403 e. The number of nitrogens with one attached hydrogen (secondary N) is 1. The van der Waals surface area contributed by atoms with Gasteiger partial charge in [-0.1, -0.05) is 18.2 Å². The van der Waals surface area contributed by atoms with Gasteiger partial charge in [0.15, 0.2) is 0 Å². The van der Waals surface area contributed by atoms with Crippen molar-refractivity contribution in [3.63, 3.8) is 0 Å². The summed E-state index contributed by atoms with van der Waals surface area (Å²) in [4.78, 5) is 19.0. The van der Waals surface area contributed by atoms with Crippen LogP contribution in [0.3, 0.4) is 0 Å². The van der Waals surface area contributed by atoms with Gasteiger partial charge in [0.25, 0.3) is 6.43 Å². The quantitative estimate of drug-likeness (QED) is 0.789. The summed E-state index contributed by atoms with van der Waals surface area (Å²) in [7, 11) is 0. The number of hydrogen-bond acceptors (Lipinski definition) is 5. The summed E-state index contributed by atoms with van der Waals surface area (Å²) in [6.07, 6.45) is -1.73. The van der Waals surface area contributed by atoms with Crippen LogP contribution in [-0.2, 0) is 0 Å². The maximum atomic E-state index is 14.2. The fraction of sp³-hybridized carbons (Fsp3) is 0.188. The number of anilines is 1. The molecule has 2 aromatic heterocycles. The van der Waals surface area contributed by atoms with E-state index in [0.717, 1.165) is 6.07 Å². The van der Waals surface area contributed by atoms with Gasteiger partial charge in [0.05, 0.1) is 23.1 Å². The van der Waals surface area contributed by atoms with Gasteiger partial charge >= 0.3 is 5.63 Å². The number of rotatable bonds is 4. The molecule has 0 aliphatic heterocycles. The molecular weight excluding hydrogens is 323 g/mol. The Balaban J connectivity index is 1.98. The number of halogens is 3. The van der Waals surface area contributed by atoms with Crippen LogP contribution in [0.5, 0.6) is 0 Å². The average molecular weight is 334 g/mol. The zero-order chi connectivity index (χ0) is 17.3. The highest BCUT2D eigenvalue weighted by Crippen LogP contribution is 2.29. The Hall–Kier alpha value is -2.90. The van der Waals surface area contributed by atoms with Crippen molar-refractivity contribution in [1.82, 2.24) is 9.97 Å². The van der Waals surface area contributed by atoms with Gasteiger partial charge in [0, 0.05) is 5.56 Å². The van der Waals surface area contributed by atoms with Crippen LogP contribution >= 0.6 is 0 Å². The van der Waals surface area contributed by atoms with Crippen molar-refractivity contribution in [2.45, 2.75) is 19.4 Å². The zero-order valence-corrected chi connectivity index (χ0v) is 12.4. The Morgan fingerprint density at radius 1 is 1.25 bits per heavy atom. The average Bonchev–Trinajstić information content (AvgIpc) is 2.54. The summed E-state index contributed by atoms with van der Waals surface area (Å²) in [5, 5.41) is 3.28. The predicted octanol–water partition coefficient (Wildman–Crippen LogP) is 3.63. The number of alkyl halides is 2. The molecule has 24 heavy (non-hydrogen) atoms. The summed E-state index contributed by atoms with van der Waals surface area (Å²) in [5.41, 5.74) is -1.23.